The summed E-state index contributed by atoms with van der Waals surface area (Å²) in [6.45, 7) is 2.16. The first-order valence-corrected chi connectivity index (χ1v) is 3.62. The molecule has 0 saturated carbocycles. The molecular formula is C7H6N4O4-2. The van der Waals surface area contributed by atoms with Crippen molar-refractivity contribution < 1.29 is 9.85 Å². The van der Waals surface area contributed by atoms with Crippen LogP contribution in [0, 0.1) is 25.6 Å². The maximum atomic E-state index is 10.4. The molecule has 0 atom stereocenters. The summed E-state index contributed by atoms with van der Waals surface area (Å²) in [7, 11) is 0. The average molecular weight is 210 g/mol. The van der Waals surface area contributed by atoms with Crippen molar-refractivity contribution in [3.63, 3.8) is 0 Å². The van der Waals surface area contributed by atoms with Crippen molar-refractivity contribution in [2.75, 3.05) is 0 Å². The summed E-state index contributed by atoms with van der Waals surface area (Å²) < 4.78 is 0. The standard InChI is InChI=1S/C7H6N4O4/c1-7(2,5(3-8)10(12)13)6(4-9)11(14)15/h1-2H3/q-2. The molecule has 0 radical (unpaired) electrons. The van der Waals surface area contributed by atoms with E-state index in [9.17, 15) is 20.2 Å². The van der Waals surface area contributed by atoms with Crippen LogP contribution in [0.25, 0.3) is 10.8 Å². The summed E-state index contributed by atoms with van der Waals surface area (Å²) in [5, 5.41) is 37.8. The first-order valence-electron chi connectivity index (χ1n) is 3.62. The van der Waals surface area contributed by atoms with Gasteiger partial charge in [0, 0.05) is 0 Å². The molecule has 0 unspecified atom stereocenters. The lowest BCUT2D eigenvalue weighted by Crippen LogP contribution is -2.28. The van der Waals surface area contributed by atoms with Gasteiger partial charge in [0.25, 0.3) is 11.4 Å². The molecule has 0 amide bonds. The van der Waals surface area contributed by atoms with Gasteiger partial charge in [-0.25, -0.2) is 0 Å². The van der Waals surface area contributed by atoms with E-state index in [0.29, 0.717) is 0 Å². The van der Waals surface area contributed by atoms with Crippen molar-refractivity contribution in [1.29, 1.82) is 0 Å². The van der Waals surface area contributed by atoms with Crippen LogP contribution in [0.4, 0.5) is 0 Å². The summed E-state index contributed by atoms with van der Waals surface area (Å²) in [6, 6.07) is 0. The second-order valence-electron chi connectivity index (χ2n) is 3.06. The molecule has 0 rings (SSSR count). The van der Waals surface area contributed by atoms with Gasteiger partial charge in [-0.15, -0.1) is 0 Å². The Morgan fingerprint density at radius 3 is 1.47 bits per heavy atom. The van der Waals surface area contributed by atoms with E-state index in [1.807, 2.05) is 0 Å². The number of nitro groups is 2. The monoisotopic (exact) mass is 210 g/mol. The summed E-state index contributed by atoms with van der Waals surface area (Å²) in [6.07, 6.45) is 0. The zero-order valence-electron chi connectivity index (χ0n) is 7.92. The minimum Gasteiger partial charge on any atom is -0.758 e. The number of hydrogen-bond acceptors (Lipinski definition) is 4. The lowest BCUT2D eigenvalue weighted by molar-refractivity contribution is -0.465. The fourth-order valence-corrected chi connectivity index (χ4v) is 0.930. The normalized spacial score (nSPS) is 9.73. The molecule has 0 aromatic carbocycles. The highest BCUT2D eigenvalue weighted by Gasteiger charge is 2.43. The van der Waals surface area contributed by atoms with Crippen LogP contribution >= 0.6 is 0 Å². The molecule has 0 aromatic rings. The van der Waals surface area contributed by atoms with Crippen molar-refractivity contribution in [2.45, 2.75) is 13.8 Å². The van der Waals surface area contributed by atoms with Crippen LogP contribution < -0.4 is 0 Å². The van der Waals surface area contributed by atoms with E-state index in [0.717, 1.165) is 13.8 Å². The summed E-state index contributed by atoms with van der Waals surface area (Å²) in [4.78, 5) is 18.8. The van der Waals surface area contributed by atoms with Crippen molar-refractivity contribution >= 4 is 11.7 Å². The van der Waals surface area contributed by atoms with Gasteiger partial charge in [-0.05, 0) is 13.8 Å². The molecule has 0 fully saturated rings. The SMILES string of the molecule is CC(C)(C(=C=[N-])[N+](=O)[O-])C(=C=[N-])[N+](=O)[O-]. The molecule has 8 nitrogen and oxygen atoms in total. The third-order valence-corrected chi connectivity index (χ3v) is 1.76. The molecule has 8 heteroatoms. The quantitative estimate of drug-likeness (QED) is 0.385. The number of hydrogen-bond donors (Lipinski definition) is 0. The van der Waals surface area contributed by atoms with Gasteiger partial charge >= 0.3 is 0 Å². The Labute approximate surface area is 84.2 Å². The fourth-order valence-electron chi connectivity index (χ4n) is 0.930. The second kappa shape index (κ2) is 4.28. The topological polar surface area (TPSA) is 131 Å². The van der Waals surface area contributed by atoms with E-state index in [1.54, 1.807) is 0 Å². The van der Waals surface area contributed by atoms with Crippen LogP contribution in [-0.4, -0.2) is 21.6 Å². The van der Waals surface area contributed by atoms with Gasteiger partial charge in [0.05, 0.1) is 9.85 Å². The van der Waals surface area contributed by atoms with Gasteiger partial charge in [0.2, 0.25) is 0 Å². The Hall–Kier alpha value is -2.30. The highest BCUT2D eigenvalue weighted by Crippen LogP contribution is 2.32. The third-order valence-electron chi connectivity index (χ3n) is 1.76. The molecule has 0 aliphatic heterocycles. The van der Waals surface area contributed by atoms with Crippen molar-refractivity contribution in [2.24, 2.45) is 5.41 Å². The van der Waals surface area contributed by atoms with Crippen LogP contribution in [-0.2, 0) is 0 Å². The minimum atomic E-state index is -1.81. The first kappa shape index (κ1) is 12.7. The van der Waals surface area contributed by atoms with Crippen LogP contribution in [0.1, 0.15) is 13.8 Å². The Morgan fingerprint density at radius 2 is 1.33 bits per heavy atom. The molecule has 0 aromatic heterocycles. The molecule has 0 heterocycles. The van der Waals surface area contributed by atoms with Crippen LogP contribution in [0.15, 0.2) is 11.4 Å². The summed E-state index contributed by atoms with van der Waals surface area (Å²) in [5.74, 6) is 2.51. The third kappa shape index (κ3) is 2.34. The van der Waals surface area contributed by atoms with Gasteiger partial charge in [-0.1, -0.05) is 0 Å². The second-order valence-corrected chi connectivity index (χ2v) is 3.06. The van der Waals surface area contributed by atoms with Crippen LogP contribution in [0.2, 0.25) is 0 Å². The fraction of sp³-hybridized carbons (Fsp3) is 0.429. The molecule has 0 spiro atoms. The zero-order valence-corrected chi connectivity index (χ0v) is 7.92. The molecule has 15 heavy (non-hydrogen) atoms. The summed E-state index contributed by atoms with van der Waals surface area (Å²) in [5.41, 5.74) is -3.68. The van der Waals surface area contributed by atoms with Crippen LogP contribution in [0.3, 0.4) is 0 Å². The largest absolute Gasteiger partial charge is 0.758 e. The van der Waals surface area contributed by atoms with E-state index in [4.69, 9.17) is 10.8 Å². The molecule has 80 valence electrons. The molecule has 0 saturated heterocycles. The predicted molar refractivity (Wildman–Crippen MR) is 51.5 cm³/mol. The van der Waals surface area contributed by atoms with E-state index in [2.05, 4.69) is 0 Å². The van der Waals surface area contributed by atoms with Crippen LogP contribution in [0.5, 0.6) is 0 Å². The lowest BCUT2D eigenvalue weighted by atomic mass is 9.86. The Kier molecular flexibility index (Phi) is 3.62. The number of rotatable bonds is 4. The van der Waals surface area contributed by atoms with Gasteiger partial charge < -0.3 is 10.8 Å². The van der Waals surface area contributed by atoms with Crippen molar-refractivity contribution in [3.05, 3.63) is 42.4 Å². The predicted octanol–water partition coefficient (Wildman–Crippen LogP) is 0.812. The Bertz CT molecular complexity index is 375. The van der Waals surface area contributed by atoms with Crippen molar-refractivity contribution in [1.82, 2.24) is 0 Å². The molecular weight excluding hydrogens is 204 g/mol. The van der Waals surface area contributed by atoms with E-state index >= 15 is 0 Å². The Morgan fingerprint density at radius 1 is 1.07 bits per heavy atom. The maximum Gasteiger partial charge on any atom is 0.282 e. The molecule has 0 aliphatic carbocycles. The maximum absolute atomic E-state index is 10.4. The molecule has 0 aliphatic rings. The van der Waals surface area contributed by atoms with E-state index in [1.165, 1.54) is 11.7 Å². The lowest BCUT2D eigenvalue weighted by Gasteiger charge is -2.16. The highest BCUT2D eigenvalue weighted by molar-refractivity contribution is 5.66. The Balaban J connectivity index is 5.69. The van der Waals surface area contributed by atoms with Gasteiger partial charge in [0.1, 0.15) is 0 Å². The van der Waals surface area contributed by atoms with Gasteiger partial charge in [0.15, 0.2) is 5.41 Å². The molecule has 0 N–H and O–H groups in total. The van der Waals surface area contributed by atoms with E-state index < -0.39 is 26.7 Å². The summed E-state index contributed by atoms with van der Waals surface area (Å²) >= 11 is 0. The van der Waals surface area contributed by atoms with Gasteiger partial charge in [-0.3, -0.25) is 20.2 Å². The molecule has 0 bridgehead atoms. The smallest absolute Gasteiger partial charge is 0.282 e. The van der Waals surface area contributed by atoms with Crippen molar-refractivity contribution in [3.8, 4) is 0 Å². The zero-order chi connectivity index (χ0) is 12.2. The average Bonchev–Trinajstić information content (AvgIpc) is 2.02. The highest BCUT2D eigenvalue weighted by atomic mass is 16.6. The first-order chi connectivity index (χ1) is 6.78. The van der Waals surface area contributed by atoms with E-state index in [-0.39, 0.29) is 0 Å². The van der Waals surface area contributed by atoms with Gasteiger partial charge in [-0.2, -0.15) is 11.7 Å². The number of nitrogens with zero attached hydrogens (tertiary/aromatic N) is 4. The minimum absolute atomic E-state index is 0.934.